The number of nitrogens with zero attached hydrogens (tertiary/aromatic N) is 2. The molecule has 1 aromatic heterocycles. The van der Waals surface area contributed by atoms with Gasteiger partial charge in [-0.1, -0.05) is 0 Å². The molecule has 0 unspecified atom stereocenters. The molecule has 0 aliphatic carbocycles. The second kappa shape index (κ2) is 2.53. The summed E-state index contributed by atoms with van der Waals surface area (Å²) in [5, 5.41) is 7.01. The van der Waals surface area contributed by atoms with E-state index in [0.29, 0.717) is 6.54 Å². The van der Waals surface area contributed by atoms with Gasteiger partial charge < -0.3 is 5.32 Å². The van der Waals surface area contributed by atoms with Crippen LogP contribution in [0.25, 0.3) is 0 Å². The number of hydrogen-bond donors (Lipinski definition) is 1. The van der Waals surface area contributed by atoms with Crippen LogP contribution in [0.5, 0.6) is 0 Å². The molecule has 3 nitrogen and oxygen atoms in total. The fourth-order valence-electron chi connectivity index (χ4n) is 0.675. The molecular formula is C6H10N3. The molecule has 9 heavy (non-hydrogen) atoms. The van der Waals surface area contributed by atoms with Crippen LogP contribution >= 0.6 is 0 Å². The van der Waals surface area contributed by atoms with E-state index in [1.165, 1.54) is 0 Å². The Labute approximate surface area is 54.7 Å². The summed E-state index contributed by atoms with van der Waals surface area (Å²) in [4.78, 5) is 0. The van der Waals surface area contributed by atoms with Gasteiger partial charge in [-0.2, -0.15) is 5.10 Å². The predicted octanol–water partition coefficient (Wildman–Crippen LogP) is 0.666. The topological polar surface area (TPSA) is 29.9 Å². The van der Waals surface area contributed by atoms with Crippen molar-refractivity contribution in [3.63, 3.8) is 0 Å². The molecule has 0 amide bonds. The lowest BCUT2D eigenvalue weighted by Gasteiger charge is -2.00. The van der Waals surface area contributed by atoms with Crippen LogP contribution in [0.3, 0.4) is 0 Å². The normalized spacial score (nSPS) is 9.56. The SMILES string of the molecule is [CH2]CNc1ccnn1C. The molecule has 1 N–H and O–H groups in total. The van der Waals surface area contributed by atoms with Gasteiger partial charge in [0.2, 0.25) is 0 Å². The van der Waals surface area contributed by atoms with Gasteiger partial charge in [-0.15, -0.1) is 0 Å². The summed E-state index contributed by atoms with van der Waals surface area (Å²) >= 11 is 0. The van der Waals surface area contributed by atoms with E-state index in [1.807, 2.05) is 13.1 Å². The van der Waals surface area contributed by atoms with E-state index in [-0.39, 0.29) is 0 Å². The minimum atomic E-state index is 0.694. The minimum Gasteiger partial charge on any atom is -0.370 e. The van der Waals surface area contributed by atoms with Gasteiger partial charge in [0.05, 0.1) is 6.20 Å². The second-order valence-electron chi connectivity index (χ2n) is 1.77. The summed E-state index contributed by atoms with van der Waals surface area (Å²) in [5.74, 6) is 1.00. The van der Waals surface area contributed by atoms with Crippen LogP contribution in [-0.4, -0.2) is 16.3 Å². The van der Waals surface area contributed by atoms with Crippen molar-refractivity contribution in [3.8, 4) is 0 Å². The van der Waals surface area contributed by atoms with E-state index in [2.05, 4.69) is 17.3 Å². The van der Waals surface area contributed by atoms with E-state index < -0.39 is 0 Å². The lowest BCUT2D eigenvalue weighted by molar-refractivity contribution is 0.772. The van der Waals surface area contributed by atoms with Gasteiger partial charge >= 0.3 is 0 Å². The molecule has 0 aliphatic heterocycles. The fourth-order valence-corrected chi connectivity index (χ4v) is 0.675. The van der Waals surface area contributed by atoms with Crippen molar-refractivity contribution in [2.45, 2.75) is 0 Å². The number of hydrogen-bond acceptors (Lipinski definition) is 2. The first-order valence-corrected chi connectivity index (χ1v) is 2.85. The number of rotatable bonds is 2. The Morgan fingerprint density at radius 3 is 3.11 bits per heavy atom. The number of aromatic nitrogens is 2. The Morgan fingerprint density at radius 2 is 2.67 bits per heavy atom. The molecule has 49 valence electrons. The zero-order chi connectivity index (χ0) is 6.69. The second-order valence-corrected chi connectivity index (χ2v) is 1.77. The first-order chi connectivity index (χ1) is 4.34. The maximum absolute atomic E-state index is 3.96. The van der Waals surface area contributed by atoms with E-state index in [9.17, 15) is 0 Å². The lowest BCUT2D eigenvalue weighted by Crippen LogP contribution is -2.02. The van der Waals surface area contributed by atoms with Gasteiger partial charge in [0.25, 0.3) is 0 Å². The molecule has 3 heteroatoms. The van der Waals surface area contributed by atoms with Crippen LogP contribution in [0.2, 0.25) is 0 Å². The number of aryl methyl sites for hydroxylation is 1. The summed E-state index contributed by atoms with van der Waals surface area (Å²) in [6, 6.07) is 1.91. The molecule has 0 atom stereocenters. The molecule has 0 saturated carbocycles. The molecular weight excluding hydrogens is 114 g/mol. The maximum atomic E-state index is 3.96. The Morgan fingerprint density at radius 1 is 1.89 bits per heavy atom. The maximum Gasteiger partial charge on any atom is 0.123 e. The van der Waals surface area contributed by atoms with Gasteiger partial charge in [-0.25, -0.2) is 0 Å². The van der Waals surface area contributed by atoms with E-state index in [1.54, 1.807) is 10.9 Å². The molecule has 0 fully saturated rings. The zero-order valence-electron chi connectivity index (χ0n) is 5.46. The van der Waals surface area contributed by atoms with E-state index in [4.69, 9.17) is 0 Å². The summed E-state index contributed by atoms with van der Waals surface area (Å²) in [5.41, 5.74) is 0. The molecule has 0 aliphatic rings. The third-order valence-electron chi connectivity index (χ3n) is 1.13. The Bertz CT molecular complexity index is 180. The molecule has 1 radical (unpaired) electrons. The summed E-state index contributed by atoms with van der Waals surface area (Å²) in [6.45, 7) is 4.34. The minimum absolute atomic E-state index is 0.694. The molecule has 1 heterocycles. The van der Waals surface area contributed by atoms with Crippen LogP contribution in [0.1, 0.15) is 0 Å². The molecule has 0 aromatic carbocycles. The molecule has 1 rings (SSSR count). The van der Waals surface area contributed by atoms with E-state index in [0.717, 1.165) is 5.82 Å². The lowest BCUT2D eigenvalue weighted by atomic mass is 10.6. The predicted molar refractivity (Wildman–Crippen MR) is 37.1 cm³/mol. The standard InChI is InChI=1S/C6H10N3/c1-3-7-6-4-5-8-9(6)2/h4-5,7H,1,3H2,2H3. The Hall–Kier alpha value is -0.990. The monoisotopic (exact) mass is 124 g/mol. The van der Waals surface area contributed by atoms with Crippen LogP contribution in [0.15, 0.2) is 12.3 Å². The summed E-state index contributed by atoms with van der Waals surface area (Å²) < 4.78 is 1.77. The Balaban J connectivity index is 2.69. The highest BCUT2D eigenvalue weighted by atomic mass is 15.3. The van der Waals surface area contributed by atoms with Crippen molar-refractivity contribution in [2.24, 2.45) is 7.05 Å². The first kappa shape index (κ1) is 6.13. The molecule has 0 bridgehead atoms. The quantitative estimate of drug-likeness (QED) is 0.627. The van der Waals surface area contributed by atoms with Crippen molar-refractivity contribution in [1.82, 2.24) is 9.78 Å². The molecule has 0 spiro atoms. The summed E-state index contributed by atoms with van der Waals surface area (Å²) in [6.07, 6.45) is 1.75. The highest BCUT2D eigenvalue weighted by Crippen LogP contribution is 2.00. The van der Waals surface area contributed by atoms with Crippen molar-refractivity contribution >= 4 is 5.82 Å². The van der Waals surface area contributed by atoms with Gasteiger partial charge in [0, 0.05) is 19.7 Å². The fraction of sp³-hybridized carbons (Fsp3) is 0.333. The van der Waals surface area contributed by atoms with Gasteiger partial charge in [0.15, 0.2) is 0 Å². The van der Waals surface area contributed by atoms with Crippen molar-refractivity contribution in [1.29, 1.82) is 0 Å². The smallest absolute Gasteiger partial charge is 0.123 e. The molecule has 1 aromatic rings. The van der Waals surface area contributed by atoms with Gasteiger partial charge in [-0.3, -0.25) is 4.68 Å². The average Bonchev–Trinajstić information content (AvgIpc) is 2.18. The zero-order valence-corrected chi connectivity index (χ0v) is 5.46. The highest BCUT2D eigenvalue weighted by molar-refractivity contribution is 5.33. The van der Waals surface area contributed by atoms with Gasteiger partial charge in [0.1, 0.15) is 5.82 Å². The third-order valence-corrected chi connectivity index (χ3v) is 1.13. The number of anilines is 1. The average molecular weight is 124 g/mol. The van der Waals surface area contributed by atoms with Crippen molar-refractivity contribution in [2.75, 3.05) is 11.9 Å². The van der Waals surface area contributed by atoms with Crippen molar-refractivity contribution < 1.29 is 0 Å². The molecule has 0 saturated heterocycles. The highest BCUT2D eigenvalue weighted by Gasteiger charge is 1.91. The van der Waals surface area contributed by atoms with Crippen LogP contribution in [-0.2, 0) is 7.05 Å². The Kier molecular flexibility index (Phi) is 1.72. The third kappa shape index (κ3) is 1.22. The number of nitrogens with one attached hydrogen (secondary N) is 1. The van der Waals surface area contributed by atoms with Crippen LogP contribution in [0.4, 0.5) is 5.82 Å². The van der Waals surface area contributed by atoms with Crippen LogP contribution in [0, 0.1) is 6.92 Å². The first-order valence-electron chi connectivity index (χ1n) is 2.85. The van der Waals surface area contributed by atoms with Crippen LogP contribution < -0.4 is 5.32 Å². The van der Waals surface area contributed by atoms with Crippen molar-refractivity contribution in [3.05, 3.63) is 19.2 Å². The largest absolute Gasteiger partial charge is 0.370 e. The van der Waals surface area contributed by atoms with E-state index >= 15 is 0 Å². The van der Waals surface area contributed by atoms with Gasteiger partial charge in [-0.05, 0) is 6.92 Å². The summed E-state index contributed by atoms with van der Waals surface area (Å²) in [7, 11) is 1.89.